The van der Waals surface area contributed by atoms with Crippen LogP contribution in [0.4, 0.5) is 13.2 Å². The quantitative estimate of drug-likeness (QED) is 0.619. The van der Waals surface area contributed by atoms with Gasteiger partial charge in [0.05, 0.1) is 11.8 Å². The van der Waals surface area contributed by atoms with Crippen LogP contribution in [0.1, 0.15) is 30.3 Å². The Labute approximate surface area is 182 Å². The number of carbonyl (C=O) groups excluding carboxylic acids is 1. The highest BCUT2D eigenvalue weighted by Gasteiger charge is 2.32. The number of hydrogen-bond donors (Lipinski definition) is 1. The lowest BCUT2D eigenvalue weighted by atomic mass is 10.1. The number of halogens is 3. The van der Waals surface area contributed by atoms with Gasteiger partial charge in [-0.2, -0.15) is 5.10 Å². The summed E-state index contributed by atoms with van der Waals surface area (Å²) in [5, 5.41) is 7.05. The van der Waals surface area contributed by atoms with Gasteiger partial charge in [0.25, 0.3) is 5.91 Å². The van der Waals surface area contributed by atoms with Gasteiger partial charge in [0, 0.05) is 25.3 Å². The number of para-hydroxylation sites is 2. The number of amides is 1. The average molecular weight is 449 g/mol. The largest absolute Gasteiger partial charge is 0.573 e. The second-order valence-corrected chi connectivity index (χ2v) is 7.41. The predicted octanol–water partition coefficient (Wildman–Crippen LogP) is 3.64. The Morgan fingerprint density at radius 1 is 1.28 bits per heavy atom. The Morgan fingerprint density at radius 2 is 2.03 bits per heavy atom. The molecule has 1 N–H and O–H groups in total. The van der Waals surface area contributed by atoms with Gasteiger partial charge in [-0.05, 0) is 31.5 Å². The van der Waals surface area contributed by atoms with Crippen LogP contribution in [0.3, 0.4) is 0 Å². The molecule has 1 amide bonds. The van der Waals surface area contributed by atoms with Crippen molar-refractivity contribution >= 4 is 5.91 Å². The average Bonchev–Trinajstić information content (AvgIpc) is 3.43. The summed E-state index contributed by atoms with van der Waals surface area (Å²) in [4.78, 5) is 19.1. The zero-order valence-corrected chi connectivity index (χ0v) is 17.3. The minimum Gasteiger partial charge on any atom is -0.444 e. The van der Waals surface area contributed by atoms with Crippen molar-refractivity contribution in [1.29, 1.82) is 0 Å². The van der Waals surface area contributed by atoms with E-state index in [0.29, 0.717) is 5.56 Å². The van der Waals surface area contributed by atoms with Crippen molar-refractivity contribution in [3.05, 3.63) is 48.6 Å². The maximum absolute atomic E-state index is 12.7. The van der Waals surface area contributed by atoms with E-state index in [-0.39, 0.29) is 29.2 Å². The molecular formula is C21H22F3N5O3. The summed E-state index contributed by atoms with van der Waals surface area (Å²) in [6.45, 7) is 4.97. The number of ether oxygens (including phenoxy) is 1. The maximum atomic E-state index is 12.7. The lowest BCUT2D eigenvalue weighted by Crippen LogP contribution is -2.44. The van der Waals surface area contributed by atoms with Crippen molar-refractivity contribution in [2.45, 2.75) is 32.2 Å². The first kappa shape index (κ1) is 21.9. The molecule has 1 fully saturated rings. The van der Waals surface area contributed by atoms with Crippen molar-refractivity contribution in [2.24, 2.45) is 0 Å². The second-order valence-electron chi connectivity index (χ2n) is 7.41. The first-order valence-electron chi connectivity index (χ1n) is 10.2. The van der Waals surface area contributed by atoms with Crippen LogP contribution in [0.5, 0.6) is 5.75 Å². The van der Waals surface area contributed by atoms with Gasteiger partial charge in [-0.15, -0.1) is 13.2 Å². The number of likely N-dealkylation sites (tertiary alicyclic amines) is 1. The molecule has 1 saturated heterocycles. The molecule has 4 rings (SSSR count). The monoisotopic (exact) mass is 449 g/mol. The van der Waals surface area contributed by atoms with Crippen LogP contribution in [0, 0.1) is 0 Å². The summed E-state index contributed by atoms with van der Waals surface area (Å²) in [5.41, 5.74) is 0.632. The first-order valence-corrected chi connectivity index (χ1v) is 10.2. The molecule has 1 aliphatic rings. The van der Waals surface area contributed by atoms with Gasteiger partial charge in [-0.25, -0.2) is 9.67 Å². The Bertz CT molecular complexity index is 1070. The number of benzene rings is 1. The Morgan fingerprint density at radius 3 is 2.75 bits per heavy atom. The molecule has 0 radical (unpaired) electrons. The summed E-state index contributed by atoms with van der Waals surface area (Å²) < 4.78 is 48.7. The maximum Gasteiger partial charge on any atom is 0.573 e. The fraction of sp³-hybridized carbons (Fsp3) is 0.381. The van der Waals surface area contributed by atoms with E-state index < -0.39 is 12.1 Å². The van der Waals surface area contributed by atoms with E-state index in [1.54, 1.807) is 6.07 Å². The van der Waals surface area contributed by atoms with Gasteiger partial charge in [0.2, 0.25) is 5.89 Å². The highest BCUT2D eigenvalue weighted by molar-refractivity contribution is 5.92. The van der Waals surface area contributed by atoms with E-state index in [1.807, 2.05) is 0 Å². The fourth-order valence-electron chi connectivity index (χ4n) is 3.59. The van der Waals surface area contributed by atoms with E-state index in [9.17, 15) is 18.0 Å². The molecule has 32 heavy (non-hydrogen) atoms. The smallest absolute Gasteiger partial charge is 0.444 e. The van der Waals surface area contributed by atoms with Crippen molar-refractivity contribution in [3.8, 4) is 22.9 Å². The molecule has 3 heterocycles. The molecule has 1 aliphatic heterocycles. The number of nitrogens with one attached hydrogen (secondary N) is 1. The molecule has 3 aromatic rings. The predicted molar refractivity (Wildman–Crippen MR) is 108 cm³/mol. The summed E-state index contributed by atoms with van der Waals surface area (Å²) in [5.74, 6) is -0.584. The topological polar surface area (TPSA) is 85.4 Å². The lowest BCUT2D eigenvalue weighted by molar-refractivity contribution is -0.274. The van der Waals surface area contributed by atoms with Crippen LogP contribution in [0.15, 0.2) is 47.3 Å². The molecule has 0 spiro atoms. The fourth-order valence-corrected chi connectivity index (χ4v) is 3.59. The highest BCUT2D eigenvalue weighted by atomic mass is 19.4. The summed E-state index contributed by atoms with van der Waals surface area (Å²) in [6, 6.07) is 5.72. The minimum atomic E-state index is -4.83. The van der Waals surface area contributed by atoms with Crippen molar-refractivity contribution in [2.75, 3.05) is 19.6 Å². The van der Waals surface area contributed by atoms with E-state index in [1.165, 1.54) is 41.5 Å². The number of nitrogens with zero attached hydrogens (tertiary/aromatic N) is 4. The van der Waals surface area contributed by atoms with Crippen LogP contribution >= 0.6 is 0 Å². The molecule has 0 aliphatic carbocycles. The third-order valence-electron chi connectivity index (χ3n) is 5.27. The number of hydrogen-bond acceptors (Lipinski definition) is 6. The van der Waals surface area contributed by atoms with Gasteiger partial charge in [0.1, 0.15) is 12.0 Å². The molecule has 8 nitrogen and oxygen atoms in total. The molecule has 1 aromatic carbocycles. The lowest BCUT2D eigenvalue weighted by Gasteiger charge is -2.31. The molecule has 0 atom stereocenters. The first-order chi connectivity index (χ1) is 15.3. The van der Waals surface area contributed by atoms with Crippen molar-refractivity contribution in [1.82, 2.24) is 25.0 Å². The van der Waals surface area contributed by atoms with Crippen LogP contribution in [-0.4, -0.2) is 57.6 Å². The molecule has 170 valence electrons. The standard InChI is InChI=1S/C21H22F3N5O3/c1-2-28-9-7-15(8-10-28)26-19(30)16-13-31-20(27-16)14-11-25-29(12-14)17-5-3-4-6-18(17)32-21(22,23)24/h3-6,11-13,15H,2,7-10H2,1H3,(H,26,30). The summed E-state index contributed by atoms with van der Waals surface area (Å²) in [7, 11) is 0. The molecule has 0 bridgehead atoms. The third kappa shape index (κ3) is 5.10. The van der Waals surface area contributed by atoms with Gasteiger partial charge < -0.3 is 19.4 Å². The van der Waals surface area contributed by atoms with E-state index in [0.717, 1.165) is 32.5 Å². The van der Waals surface area contributed by atoms with Gasteiger partial charge >= 0.3 is 6.36 Å². The van der Waals surface area contributed by atoms with Gasteiger partial charge in [-0.3, -0.25) is 4.79 Å². The summed E-state index contributed by atoms with van der Waals surface area (Å²) in [6.07, 6.45) is 1.01. The highest BCUT2D eigenvalue weighted by Crippen LogP contribution is 2.29. The van der Waals surface area contributed by atoms with E-state index in [2.05, 4.69) is 32.0 Å². The van der Waals surface area contributed by atoms with Crippen LogP contribution in [0.25, 0.3) is 17.1 Å². The zero-order chi connectivity index (χ0) is 22.7. The van der Waals surface area contributed by atoms with E-state index >= 15 is 0 Å². The summed E-state index contributed by atoms with van der Waals surface area (Å²) >= 11 is 0. The Kier molecular flexibility index (Phi) is 6.17. The number of oxazole rings is 1. The van der Waals surface area contributed by atoms with Crippen molar-refractivity contribution < 1.29 is 27.1 Å². The second kappa shape index (κ2) is 9.03. The number of alkyl halides is 3. The molecule has 11 heteroatoms. The molecule has 0 saturated carbocycles. The number of piperidine rings is 1. The number of rotatable bonds is 6. The SMILES string of the molecule is CCN1CCC(NC(=O)c2coc(-c3cnn(-c4ccccc4OC(F)(F)F)c3)n2)CC1. The van der Waals surface area contributed by atoms with Crippen molar-refractivity contribution in [3.63, 3.8) is 0 Å². The van der Waals surface area contributed by atoms with Crippen LogP contribution < -0.4 is 10.1 Å². The zero-order valence-electron chi connectivity index (χ0n) is 17.3. The normalized spacial score (nSPS) is 15.6. The molecule has 2 aromatic heterocycles. The van der Waals surface area contributed by atoms with Gasteiger partial charge in [0.15, 0.2) is 11.4 Å². The van der Waals surface area contributed by atoms with Crippen LogP contribution in [0.2, 0.25) is 0 Å². The van der Waals surface area contributed by atoms with E-state index in [4.69, 9.17) is 4.42 Å². The third-order valence-corrected chi connectivity index (χ3v) is 5.27. The van der Waals surface area contributed by atoms with Crippen LogP contribution in [-0.2, 0) is 0 Å². The molecular weight excluding hydrogens is 427 g/mol. The Balaban J connectivity index is 1.46. The van der Waals surface area contributed by atoms with Gasteiger partial charge in [-0.1, -0.05) is 19.1 Å². The Hall–Kier alpha value is -3.34. The molecule has 0 unspecified atom stereocenters. The number of carbonyl (C=O) groups is 1. The number of aromatic nitrogens is 3. The minimum absolute atomic E-state index is 0.0818.